The summed E-state index contributed by atoms with van der Waals surface area (Å²) in [6.07, 6.45) is 4.14. The maximum Gasteiger partial charge on any atom is 0.130 e. The van der Waals surface area contributed by atoms with E-state index < -0.39 is 0 Å². The number of ether oxygens (including phenoxy) is 1. The summed E-state index contributed by atoms with van der Waals surface area (Å²) in [6.45, 7) is 1.00. The molecule has 0 unspecified atom stereocenters. The molecule has 1 aromatic carbocycles. The molecule has 1 aromatic heterocycles. The fourth-order valence-corrected chi connectivity index (χ4v) is 2.25. The van der Waals surface area contributed by atoms with Crippen molar-refractivity contribution < 1.29 is 9.13 Å². The van der Waals surface area contributed by atoms with E-state index >= 15 is 0 Å². The first-order chi connectivity index (χ1) is 10.2. The number of hydrogen-bond donors (Lipinski definition) is 1. The molecule has 0 atom stereocenters. The fraction of sp³-hybridized carbons (Fsp3) is 0.312. The fourth-order valence-electron chi connectivity index (χ4n) is 2.01. The highest BCUT2D eigenvalue weighted by atomic mass is 79.9. The van der Waals surface area contributed by atoms with Crippen LogP contribution in [0.3, 0.4) is 0 Å². The van der Waals surface area contributed by atoms with Gasteiger partial charge in [0, 0.05) is 28.8 Å². The molecule has 1 N–H and O–H groups in total. The van der Waals surface area contributed by atoms with Crippen molar-refractivity contribution in [1.29, 1.82) is 0 Å². The first kappa shape index (κ1) is 14.5. The van der Waals surface area contributed by atoms with E-state index in [0.717, 1.165) is 15.7 Å². The van der Waals surface area contributed by atoms with Gasteiger partial charge >= 0.3 is 0 Å². The van der Waals surface area contributed by atoms with E-state index in [4.69, 9.17) is 4.74 Å². The molecule has 1 saturated carbocycles. The molecule has 3 rings (SSSR count). The SMILES string of the molecule is Fc1ccc(OCc2ccc(Br)cn2)c(CNC2CC2)c1. The molecular weight excluding hydrogens is 335 g/mol. The normalized spacial score (nSPS) is 14.2. The van der Waals surface area contributed by atoms with Crippen molar-refractivity contribution in [2.24, 2.45) is 0 Å². The predicted octanol–water partition coefficient (Wildman–Crippen LogP) is 3.81. The predicted molar refractivity (Wildman–Crippen MR) is 82.5 cm³/mol. The number of rotatable bonds is 6. The lowest BCUT2D eigenvalue weighted by atomic mass is 10.2. The van der Waals surface area contributed by atoms with Crippen LogP contribution in [-0.2, 0) is 13.2 Å². The molecule has 5 heteroatoms. The van der Waals surface area contributed by atoms with Gasteiger partial charge in [0.2, 0.25) is 0 Å². The zero-order chi connectivity index (χ0) is 14.7. The van der Waals surface area contributed by atoms with Crippen molar-refractivity contribution >= 4 is 15.9 Å². The van der Waals surface area contributed by atoms with Gasteiger partial charge in [-0.05, 0) is 59.1 Å². The van der Waals surface area contributed by atoms with Crippen LogP contribution >= 0.6 is 15.9 Å². The third-order valence-corrected chi connectivity index (χ3v) is 3.81. The molecule has 0 saturated heterocycles. The molecule has 0 bridgehead atoms. The molecule has 110 valence electrons. The Balaban J connectivity index is 1.66. The Hall–Kier alpha value is -1.46. The Morgan fingerprint density at radius 2 is 2.14 bits per heavy atom. The third kappa shape index (κ3) is 4.25. The van der Waals surface area contributed by atoms with Gasteiger partial charge < -0.3 is 10.1 Å². The van der Waals surface area contributed by atoms with Crippen LogP contribution in [-0.4, -0.2) is 11.0 Å². The van der Waals surface area contributed by atoms with Crippen LogP contribution in [0.2, 0.25) is 0 Å². The number of hydrogen-bond acceptors (Lipinski definition) is 3. The Bertz CT molecular complexity index is 614. The maximum atomic E-state index is 13.4. The summed E-state index contributed by atoms with van der Waals surface area (Å²) < 4.78 is 20.1. The van der Waals surface area contributed by atoms with Crippen molar-refractivity contribution in [3.63, 3.8) is 0 Å². The van der Waals surface area contributed by atoms with Crippen LogP contribution in [0.15, 0.2) is 41.0 Å². The molecule has 3 nitrogen and oxygen atoms in total. The molecular formula is C16H16BrFN2O. The van der Waals surface area contributed by atoms with Gasteiger partial charge in [-0.1, -0.05) is 0 Å². The van der Waals surface area contributed by atoms with Gasteiger partial charge in [-0.15, -0.1) is 0 Å². The lowest BCUT2D eigenvalue weighted by Gasteiger charge is -2.12. The van der Waals surface area contributed by atoms with Gasteiger partial charge in [0.05, 0.1) is 5.69 Å². The molecule has 0 amide bonds. The van der Waals surface area contributed by atoms with Crippen LogP contribution in [0.1, 0.15) is 24.1 Å². The number of benzene rings is 1. The zero-order valence-corrected chi connectivity index (χ0v) is 13.1. The highest BCUT2D eigenvalue weighted by Gasteiger charge is 2.20. The number of nitrogens with one attached hydrogen (secondary N) is 1. The number of nitrogens with zero attached hydrogens (tertiary/aromatic N) is 1. The van der Waals surface area contributed by atoms with Crippen LogP contribution < -0.4 is 10.1 Å². The van der Waals surface area contributed by atoms with Gasteiger partial charge in [0.1, 0.15) is 18.2 Å². The highest BCUT2D eigenvalue weighted by Crippen LogP contribution is 2.24. The van der Waals surface area contributed by atoms with Crippen molar-refractivity contribution in [2.75, 3.05) is 0 Å². The summed E-state index contributed by atoms with van der Waals surface area (Å²) in [7, 11) is 0. The van der Waals surface area contributed by atoms with E-state index in [-0.39, 0.29) is 5.82 Å². The van der Waals surface area contributed by atoms with Gasteiger partial charge in [-0.3, -0.25) is 4.98 Å². The molecule has 0 aliphatic heterocycles. The van der Waals surface area contributed by atoms with Crippen LogP contribution in [0, 0.1) is 5.82 Å². The smallest absolute Gasteiger partial charge is 0.130 e. The molecule has 1 aliphatic rings. The molecule has 1 fully saturated rings. The number of pyridine rings is 1. The van der Waals surface area contributed by atoms with Crippen LogP contribution in [0.4, 0.5) is 4.39 Å². The third-order valence-electron chi connectivity index (χ3n) is 3.35. The van der Waals surface area contributed by atoms with Gasteiger partial charge in [-0.25, -0.2) is 4.39 Å². The summed E-state index contributed by atoms with van der Waals surface area (Å²) in [5.74, 6) is 0.464. The summed E-state index contributed by atoms with van der Waals surface area (Å²) in [5, 5.41) is 3.38. The summed E-state index contributed by atoms with van der Waals surface area (Å²) in [5.41, 5.74) is 1.68. The number of aromatic nitrogens is 1. The van der Waals surface area contributed by atoms with E-state index in [1.807, 2.05) is 12.1 Å². The Morgan fingerprint density at radius 3 is 2.86 bits per heavy atom. The minimum Gasteiger partial charge on any atom is -0.487 e. The molecule has 1 aliphatic carbocycles. The monoisotopic (exact) mass is 350 g/mol. The summed E-state index contributed by atoms with van der Waals surface area (Å²) >= 11 is 3.35. The van der Waals surface area contributed by atoms with E-state index in [0.29, 0.717) is 24.9 Å². The van der Waals surface area contributed by atoms with Gasteiger partial charge in [0.25, 0.3) is 0 Å². The van der Waals surface area contributed by atoms with E-state index in [1.165, 1.54) is 25.0 Å². The van der Waals surface area contributed by atoms with E-state index in [9.17, 15) is 4.39 Å². The van der Waals surface area contributed by atoms with Crippen molar-refractivity contribution in [3.05, 3.63) is 58.1 Å². The quantitative estimate of drug-likeness (QED) is 0.859. The maximum absolute atomic E-state index is 13.4. The van der Waals surface area contributed by atoms with Crippen molar-refractivity contribution in [3.8, 4) is 5.75 Å². The average Bonchev–Trinajstić information content (AvgIpc) is 3.30. The molecule has 2 aromatic rings. The summed E-state index contributed by atoms with van der Waals surface area (Å²) in [4.78, 5) is 4.26. The standard InChI is InChI=1S/C16H16BrFN2O/c17-12-1-3-15(20-9-12)10-21-16-6-2-13(18)7-11(16)8-19-14-4-5-14/h1-3,6-7,9,14,19H,4-5,8,10H2. The molecule has 1 heterocycles. The van der Waals surface area contributed by atoms with Crippen LogP contribution in [0.5, 0.6) is 5.75 Å². The molecule has 21 heavy (non-hydrogen) atoms. The summed E-state index contributed by atoms with van der Waals surface area (Å²) in [6, 6.07) is 9.03. The largest absolute Gasteiger partial charge is 0.487 e. The first-order valence-corrected chi connectivity index (χ1v) is 7.75. The van der Waals surface area contributed by atoms with E-state index in [1.54, 1.807) is 12.3 Å². The molecule has 0 spiro atoms. The topological polar surface area (TPSA) is 34.1 Å². The number of halogens is 2. The van der Waals surface area contributed by atoms with Gasteiger partial charge in [0.15, 0.2) is 0 Å². The second-order valence-corrected chi connectivity index (χ2v) is 6.08. The van der Waals surface area contributed by atoms with Gasteiger partial charge in [-0.2, -0.15) is 0 Å². The van der Waals surface area contributed by atoms with E-state index in [2.05, 4.69) is 26.2 Å². The second kappa shape index (κ2) is 6.54. The molecule has 0 radical (unpaired) electrons. The zero-order valence-electron chi connectivity index (χ0n) is 11.5. The average molecular weight is 351 g/mol. The Labute approximate surface area is 131 Å². The van der Waals surface area contributed by atoms with Crippen molar-refractivity contribution in [1.82, 2.24) is 10.3 Å². The minimum atomic E-state index is -0.239. The lowest BCUT2D eigenvalue weighted by molar-refractivity contribution is 0.296. The lowest BCUT2D eigenvalue weighted by Crippen LogP contribution is -2.16. The first-order valence-electron chi connectivity index (χ1n) is 6.96. The highest BCUT2D eigenvalue weighted by molar-refractivity contribution is 9.10. The minimum absolute atomic E-state index is 0.239. The second-order valence-electron chi connectivity index (χ2n) is 5.16. The van der Waals surface area contributed by atoms with Crippen LogP contribution in [0.25, 0.3) is 0 Å². The van der Waals surface area contributed by atoms with Crippen molar-refractivity contribution in [2.45, 2.75) is 32.0 Å². The Kier molecular flexibility index (Phi) is 4.51. The Morgan fingerprint density at radius 1 is 1.29 bits per heavy atom.